The SMILES string of the molecule is COc1ccc(C(=O)Cn2nc(NCCO)c3ccccc32)cc1. The van der Waals surface area contributed by atoms with E-state index < -0.39 is 0 Å². The van der Waals surface area contributed by atoms with Crippen LogP contribution >= 0.6 is 0 Å². The zero-order chi connectivity index (χ0) is 16.9. The monoisotopic (exact) mass is 325 g/mol. The van der Waals surface area contributed by atoms with Crippen LogP contribution in [0.2, 0.25) is 0 Å². The second-order valence-corrected chi connectivity index (χ2v) is 5.33. The van der Waals surface area contributed by atoms with Gasteiger partial charge in [0.05, 0.1) is 19.2 Å². The van der Waals surface area contributed by atoms with Crippen molar-refractivity contribution in [1.29, 1.82) is 0 Å². The molecule has 2 N–H and O–H groups in total. The lowest BCUT2D eigenvalue weighted by molar-refractivity contribution is 0.0969. The molecule has 0 saturated heterocycles. The summed E-state index contributed by atoms with van der Waals surface area (Å²) < 4.78 is 6.79. The fraction of sp³-hybridized carbons (Fsp3) is 0.222. The van der Waals surface area contributed by atoms with Crippen LogP contribution in [0, 0.1) is 0 Å². The summed E-state index contributed by atoms with van der Waals surface area (Å²) in [6.07, 6.45) is 0. The van der Waals surface area contributed by atoms with Gasteiger partial charge in [-0.1, -0.05) is 12.1 Å². The summed E-state index contributed by atoms with van der Waals surface area (Å²) >= 11 is 0. The molecule has 0 bridgehead atoms. The first-order chi connectivity index (χ1) is 11.7. The Hall–Kier alpha value is -2.86. The number of benzene rings is 2. The normalized spacial score (nSPS) is 10.8. The molecule has 0 amide bonds. The summed E-state index contributed by atoms with van der Waals surface area (Å²) in [4.78, 5) is 12.5. The van der Waals surface area contributed by atoms with E-state index in [1.807, 2.05) is 24.3 Å². The number of nitrogens with one attached hydrogen (secondary N) is 1. The number of ketones is 1. The number of hydrogen-bond donors (Lipinski definition) is 2. The third-order valence-electron chi connectivity index (χ3n) is 3.77. The predicted octanol–water partition coefficient (Wildman–Crippen LogP) is 2.33. The zero-order valence-corrected chi connectivity index (χ0v) is 13.4. The van der Waals surface area contributed by atoms with Crippen LogP contribution in [-0.2, 0) is 6.54 Å². The maximum absolute atomic E-state index is 12.5. The van der Waals surface area contributed by atoms with Crippen LogP contribution in [0.3, 0.4) is 0 Å². The highest BCUT2D eigenvalue weighted by atomic mass is 16.5. The van der Waals surface area contributed by atoms with Gasteiger partial charge < -0.3 is 15.2 Å². The quantitative estimate of drug-likeness (QED) is 0.652. The molecule has 0 atom stereocenters. The minimum Gasteiger partial charge on any atom is -0.497 e. The van der Waals surface area contributed by atoms with Gasteiger partial charge in [-0.2, -0.15) is 5.10 Å². The Balaban J connectivity index is 1.87. The Bertz CT molecular complexity index is 840. The van der Waals surface area contributed by atoms with Crippen molar-refractivity contribution in [3.05, 3.63) is 54.1 Å². The number of carbonyl (C=O) groups is 1. The van der Waals surface area contributed by atoms with Crippen molar-refractivity contribution < 1.29 is 14.6 Å². The van der Waals surface area contributed by atoms with Gasteiger partial charge in [0.2, 0.25) is 0 Å². The molecule has 0 saturated carbocycles. The third-order valence-corrected chi connectivity index (χ3v) is 3.77. The van der Waals surface area contributed by atoms with Gasteiger partial charge in [0.1, 0.15) is 12.3 Å². The van der Waals surface area contributed by atoms with Gasteiger partial charge >= 0.3 is 0 Å². The third kappa shape index (κ3) is 3.23. The number of aliphatic hydroxyl groups excluding tert-OH is 1. The van der Waals surface area contributed by atoms with Crippen LogP contribution in [0.5, 0.6) is 5.75 Å². The van der Waals surface area contributed by atoms with Gasteiger partial charge in [-0.25, -0.2) is 0 Å². The highest BCUT2D eigenvalue weighted by Gasteiger charge is 2.13. The average Bonchev–Trinajstić information content (AvgIpc) is 2.98. The lowest BCUT2D eigenvalue weighted by Crippen LogP contribution is -2.12. The fourth-order valence-electron chi connectivity index (χ4n) is 2.56. The van der Waals surface area contributed by atoms with Gasteiger partial charge in [-0.3, -0.25) is 9.48 Å². The Morgan fingerprint density at radius 3 is 2.67 bits per heavy atom. The smallest absolute Gasteiger partial charge is 0.184 e. The van der Waals surface area contributed by atoms with Crippen LogP contribution in [0.25, 0.3) is 10.9 Å². The lowest BCUT2D eigenvalue weighted by Gasteiger charge is -2.04. The number of methoxy groups -OCH3 is 1. The van der Waals surface area contributed by atoms with Crippen LogP contribution in [0.4, 0.5) is 5.82 Å². The maximum atomic E-state index is 12.5. The Labute approximate surface area is 139 Å². The van der Waals surface area contributed by atoms with Crippen LogP contribution in [0.1, 0.15) is 10.4 Å². The number of ether oxygens (including phenoxy) is 1. The van der Waals surface area contributed by atoms with Crippen molar-refractivity contribution >= 4 is 22.5 Å². The molecule has 2 aromatic carbocycles. The number of Topliss-reactive ketones (excluding diaryl/α,β-unsaturated/α-hetero) is 1. The van der Waals surface area contributed by atoms with Crippen molar-refractivity contribution in [2.75, 3.05) is 25.6 Å². The van der Waals surface area contributed by atoms with Gasteiger partial charge in [-0.05, 0) is 36.4 Å². The molecule has 0 fully saturated rings. The van der Waals surface area contributed by atoms with Crippen LogP contribution < -0.4 is 10.1 Å². The number of carbonyl (C=O) groups excluding carboxylic acids is 1. The largest absolute Gasteiger partial charge is 0.497 e. The van der Waals surface area contributed by atoms with E-state index in [9.17, 15) is 4.79 Å². The summed E-state index contributed by atoms with van der Waals surface area (Å²) in [5.41, 5.74) is 1.49. The summed E-state index contributed by atoms with van der Waals surface area (Å²) in [6, 6.07) is 14.7. The number of aromatic nitrogens is 2. The standard InChI is InChI=1S/C18H19N3O3/c1-24-14-8-6-13(7-9-14)17(23)12-21-16-5-3-2-4-15(16)18(20-21)19-10-11-22/h2-9,22H,10-12H2,1H3,(H,19,20). The van der Waals surface area contributed by atoms with E-state index in [-0.39, 0.29) is 18.9 Å². The first-order valence-corrected chi connectivity index (χ1v) is 7.70. The molecule has 6 heteroatoms. The first-order valence-electron chi connectivity index (χ1n) is 7.70. The number of hydrogen-bond acceptors (Lipinski definition) is 5. The van der Waals surface area contributed by atoms with E-state index in [2.05, 4.69) is 10.4 Å². The summed E-state index contributed by atoms with van der Waals surface area (Å²) in [6.45, 7) is 0.576. The average molecular weight is 325 g/mol. The number of para-hydroxylation sites is 1. The second kappa shape index (κ2) is 7.14. The van der Waals surface area contributed by atoms with Crippen LogP contribution in [0.15, 0.2) is 48.5 Å². The molecule has 0 aliphatic rings. The zero-order valence-electron chi connectivity index (χ0n) is 13.4. The molecule has 0 spiro atoms. The molecule has 0 aliphatic heterocycles. The molecular formula is C18H19N3O3. The van der Waals surface area contributed by atoms with Crippen molar-refractivity contribution in [2.24, 2.45) is 0 Å². The molecule has 1 heterocycles. The minimum atomic E-state index is -0.0281. The first kappa shape index (κ1) is 16.0. The van der Waals surface area contributed by atoms with E-state index in [0.29, 0.717) is 23.7 Å². The van der Waals surface area contributed by atoms with E-state index in [0.717, 1.165) is 10.9 Å². The van der Waals surface area contributed by atoms with E-state index in [1.165, 1.54) is 0 Å². The maximum Gasteiger partial charge on any atom is 0.184 e. The fourth-order valence-corrected chi connectivity index (χ4v) is 2.56. The number of anilines is 1. The summed E-state index contributed by atoms with van der Waals surface area (Å²) in [5, 5.41) is 17.5. The molecule has 3 rings (SSSR count). The molecule has 3 aromatic rings. The topological polar surface area (TPSA) is 76.4 Å². The van der Waals surface area contributed by atoms with Gasteiger partial charge in [0.25, 0.3) is 0 Å². The Morgan fingerprint density at radius 1 is 1.21 bits per heavy atom. The molecule has 124 valence electrons. The van der Waals surface area contributed by atoms with E-state index >= 15 is 0 Å². The number of aliphatic hydroxyl groups is 1. The van der Waals surface area contributed by atoms with Gasteiger partial charge in [-0.15, -0.1) is 0 Å². The molecular weight excluding hydrogens is 306 g/mol. The minimum absolute atomic E-state index is 0.0198. The van der Waals surface area contributed by atoms with E-state index in [4.69, 9.17) is 9.84 Å². The molecule has 0 aliphatic carbocycles. The van der Waals surface area contributed by atoms with E-state index in [1.54, 1.807) is 36.1 Å². The molecule has 24 heavy (non-hydrogen) atoms. The molecule has 0 unspecified atom stereocenters. The summed E-state index contributed by atoms with van der Waals surface area (Å²) in [7, 11) is 1.59. The lowest BCUT2D eigenvalue weighted by atomic mass is 10.1. The molecule has 1 aromatic heterocycles. The van der Waals surface area contributed by atoms with Crippen LogP contribution in [-0.4, -0.2) is 40.9 Å². The van der Waals surface area contributed by atoms with Gasteiger partial charge in [0.15, 0.2) is 11.6 Å². The van der Waals surface area contributed by atoms with Crippen molar-refractivity contribution in [3.8, 4) is 5.75 Å². The predicted molar refractivity (Wildman–Crippen MR) is 92.6 cm³/mol. The number of nitrogens with zero attached hydrogens (tertiary/aromatic N) is 2. The number of rotatable bonds is 7. The molecule has 0 radical (unpaired) electrons. The van der Waals surface area contributed by atoms with Crippen molar-refractivity contribution in [2.45, 2.75) is 6.54 Å². The second-order valence-electron chi connectivity index (χ2n) is 5.33. The van der Waals surface area contributed by atoms with Crippen molar-refractivity contribution in [3.63, 3.8) is 0 Å². The summed E-state index contributed by atoms with van der Waals surface area (Å²) in [5.74, 6) is 1.35. The highest BCUT2D eigenvalue weighted by Crippen LogP contribution is 2.23. The Kier molecular flexibility index (Phi) is 4.77. The molecule has 6 nitrogen and oxygen atoms in total. The number of fused-ring (bicyclic) bond motifs is 1. The Morgan fingerprint density at radius 2 is 1.96 bits per heavy atom. The van der Waals surface area contributed by atoms with Gasteiger partial charge in [0, 0.05) is 17.5 Å². The highest BCUT2D eigenvalue weighted by molar-refractivity contribution is 5.97. The van der Waals surface area contributed by atoms with Crippen molar-refractivity contribution in [1.82, 2.24) is 9.78 Å².